The molecule has 0 fully saturated rings. The van der Waals surface area contributed by atoms with Crippen LogP contribution in [-0.4, -0.2) is 36.1 Å². The van der Waals surface area contributed by atoms with Crippen LogP contribution in [0.2, 0.25) is 39.3 Å². The van der Waals surface area contributed by atoms with Crippen molar-refractivity contribution in [2.24, 2.45) is 0 Å². The summed E-state index contributed by atoms with van der Waals surface area (Å²) < 4.78 is 0. The number of hydrogen-bond donors (Lipinski definition) is 0. The van der Waals surface area contributed by atoms with Gasteiger partial charge in [-0.1, -0.05) is 153 Å². The van der Waals surface area contributed by atoms with Crippen LogP contribution in [0.25, 0.3) is 67.5 Å². The van der Waals surface area contributed by atoms with E-state index in [0.717, 1.165) is 27.8 Å². The van der Waals surface area contributed by atoms with E-state index in [1.54, 1.807) is 12.4 Å². The number of rotatable bonds is 8. The topological polar surface area (TPSA) is 51.6 Å². The van der Waals surface area contributed by atoms with Crippen LogP contribution < -0.4 is 10.4 Å². The Morgan fingerprint density at radius 2 is 0.740 bits per heavy atom. The number of aromatic nitrogens is 4. The van der Waals surface area contributed by atoms with Crippen molar-refractivity contribution in [1.29, 1.82) is 0 Å². The third-order valence-corrected chi connectivity index (χ3v) is 13.1. The van der Waals surface area contributed by atoms with Crippen molar-refractivity contribution in [2.45, 2.75) is 39.3 Å². The molecule has 0 aliphatic carbocycles. The molecule has 246 valence electrons. The summed E-state index contributed by atoms with van der Waals surface area (Å²) in [4.78, 5) is 19.0. The monoisotopic (exact) mass is 682 g/mol. The molecule has 0 aliphatic rings. The summed E-state index contributed by atoms with van der Waals surface area (Å²) in [6, 6.07) is 47.6. The van der Waals surface area contributed by atoms with Gasteiger partial charge < -0.3 is 0 Å². The molecule has 0 bridgehead atoms. The Balaban J connectivity index is 1.26. The van der Waals surface area contributed by atoms with E-state index in [0.29, 0.717) is 17.5 Å². The van der Waals surface area contributed by atoms with E-state index in [-0.39, 0.29) is 0 Å². The largest absolute Gasteiger partial charge is 0.264 e. The molecule has 0 amide bonds. The molecule has 0 unspecified atom stereocenters. The summed E-state index contributed by atoms with van der Waals surface area (Å²) >= 11 is 0. The molecule has 0 spiro atoms. The summed E-state index contributed by atoms with van der Waals surface area (Å²) in [6.07, 6.45) is 3.55. The second kappa shape index (κ2) is 13.5. The van der Waals surface area contributed by atoms with E-state index in [1.807, 2.05) is 42.5 Å². The molecule has 2 aromatic heterocycles. The molecule has 0 atom stereocenters. The quantitative estimate of drug-likeness (QED) is 0.150. The Labute approximate surface area is 298 Å². The molecular weight excluding hydrogens is 641 g/mol. The predicted molar refractivity (Wildman–Crippen MR) is 216 cm³/mol. The van der Waals surface area contributed by atoms with E-state index in [4.69, 9.17) is 15.0 Å². The second-order valence-electron chi connectivity index (χ2n) is 15.0. The van der Waals surface area contributed by atoms with Gasteiger partial charge in [-0.3, -0.25) is 4.98 Å². The van der Waals surface area contributed by atoms with E-state index in [9.17, 15) is 0 Å². The van der Waals surface area contributed by atoms with Gasteiger partial charge in [-0.05, 0) is 63.7 Å². The van der Waals surface area contributed by atoms with E-state index in [1.165, 1.54) is 32.6 Å². The summed E-state index contributed by atoms with van der Waals surface area (Å²) in [5.41, 5.74) is 9.95. The molecule has 2 heterocycles. The van der Waals surface area contributed by atoms with Crippen LogP contribution in [0.15, 0.2) is 146 Å². The Hall–Kier alpha value is -5.31. The summed E-state index contributed by atoms with van der Waals surface area (Å²) in [5, 5.41) is 3.06. The van der Waals surface area contributed by atoms with Gasteiger partial charge in [0.1, 0.15) is 0 Å². The highest BCUT2D eigenvalue weighted by molar-refractivity contribution is 6.91. The van der Waals surface area contributed by atoms with Crippen molar-refractivity contribution in [2.75, 3.05) is 0 Å². The minimum Gasteiger partial charge on any atom is -0.264 e. The van der Waals surface area contributed by atoms with Gasteiger partial charge in [0, 0.05) is 29.1 Å². The maximum absolute atomic E-state index is 4.94. The van der Waals surface area contributed by atoms with Crippen LogP contribution in [0.4, 0.5) is 0 Å². The molecule has 0 saturated heterocycles. The molecule has 0 radical (unpaired) electrons. The average molecular weight is 683 g/mol. The number of pyridine rings is 1. The number of benzene rings is 5. The highest BCUT2D eigenvalue weighted by Crippen LogP contribution is 2.32. The lowest BCUT2D eigenvalue weighted by atomic mass is 9.95. The zero-order valence-electron chi connectivity index (χ0n) is 29.6. The minimum absolute atomic E-state index is 0.599. The van der Waals surface area contributed by atoms with Crippen LogP contribution in [-0.2, 0) is 0 Å². The minimum atomic E-state index is -1.49. The average Bonchev–Trinajstić information content (AvgIpc) is 3.14. The number of hydrogen-bond acceptors (Lipinski definition) is 4. The fourth-order valence-electron chi connectivity index (χ4n) is 6.10. The van der Waals surface area contributed by atoms with Gasteiger partial charge in [0.15, 0.2) is 17.5 Å². The van der Waals surface area contributed by atoms with Gasteiger partial charge >= 0.3 is 0 Å². The first-order chi connectivity index (χ1) is 24.0. The van der Waals surface area contributed by atoms with Crippen molar-refractivity contribution in [3.63, 3.8) is 0 Å². The van der Waals surface area contributed by atoms with Gasteiger partial charge in [0.2, 0.25) is 0 Å². The van der Waals surface area contributed by atoms with Crippen molar-refractivity contribution < 1.29 is 0 Å². The number of nitrogens with zero attached hydrogens (tertiary/aromatic N) is 4. The normalized spacial score (nSPS) is 11.8. The van der Waals surface area contributed by atoms with E-state index < -0.39 is 16.1 Å². The first-order valence-corrected chi connectivity index (χ1v) is 24.2. The molecule has 5 aromatic carbocycles. The lowest BCUT2D eigenvalue weighted by Crippen LogP contribution is -2.45. The Morgan fingerprint density at radius 3 is 1.22 bits per heavy atom. The highest BCUT2D eigenvalue weighted by atomic mass is 28.3. The molecule has 6 heteroatoms. The van der Waals surface area contributed by atoms with Gasteiger partial charge in [-0.25, -0.2) is 15.0 Å². The fourth-order valence-corrected chi connectivity index (χ4v) is 8.60. The van der Waals surface area contributed by atoms with Crippen LogP contribution in [0.5, 0.6) is 0 Å². The Bertz CT molecular complexity index is 2200. The maximum Gasteiger partial charge on any atom is 0.165 e. The molecule has 7 rings (SSSR count). The SMILES string of the molecule is C[Si](C)(C)c1cc(-c2cccc(-c3cccc(-c4cccc(-c5nc(-c6ccccc6)nc(-c6cccnc6)n5)c4)c3)c2)cc([Si](C)(C)C)c1. The van der Waals surface area contributed by atoms with Crippen molar-refractivity contribution in [1.82, 2.24) is 19.9 Å². The Kier molecular flexibility index (Phi) is 8.99. The van der Waals surface area contributed by atoms with Gasteiger partial charge in [-0.2, -0.15) is 0 Å². The van der Waals surface area contributed by atoms with Gasteiger partial charge in [0.05, 0.1) is 16.1 Å². The van der Waals surface area contributed by atoms with Crippen LogP contribution in [0.3, 0.4) is 0 Å². The van der Waals surface area contributed by atoms with Crippen molar-refractivity contribution in [3.05, 3.63) is 146 Å². The van der Waals surface area contributed by atoms with Crippen LogP contribution >= 0.6 is 0 Å². The Morgan fingerprint density at radius 1 is 0.340 bits per heavy atom. The third-order valence-electron chi connectivity index (χ3n) is 9.10. The fraction of sp³-hybridized carbons (Fsp3) is 0.136. The molecule has 0 N–H and O–H groups in total. The maximum atomic E-state index is 4.94. The van der Waals surface area contributed by atoms with E-state index in [2.05, 4.69) is 135 Å². The molecular formula is C44H42N4Si2. The first kappa shape index (κ1) is 33.2. The summed E-state index contributed by atoms with van der Waals surface area (Å²) in [7, 11) is -2.99. The lowest BCUT2D eigenvalue weighted by Gasteiger charge is -2.24. The molecule has 50 heavy (non-hydrogen) atoms. The highest BCUT2D eigenvalue weighted by Gasteiger charge is 2.23. The van der Waals surface area contributed by atoms with Gasteiger partial charge in [0.25, 0.3) is 0 Å². The third kappa shape index (κ3) is 7.32. The zero-order valence-corrected chi connectivity index (χ0v) is 31.6. The summed E-state index contributed by atoms with van der Waals surface area (Å²) in [6.45, 7) is 14.7. The lowest BCUT2D eigenvalue weighted by molar-refractivity contribution is 1.07. The first-order valence-electron chi connectivity index (χ1n) is 17.2. The molecule has 0 aliphatic heterocycles. The second-order valence-corrected chi connectivity index (χ2v) is 25.1. The van der Waals surface area contributed by atoms with Crippen molar-refractivity contribution >= 4 is 26.5 Å². The summed E-state index contributed by atoms with van der Waals surface area (Å²) in [5.74, 6) is 1.86. The standard InChI is InChI=1S/C44H42N4Si2/c1-49(2,3)40-27-39(28-41(29-40)50(4,5)6)36-20-11-18-34(25-36)32-16-10-17-33(24-32)35-19-12-21-37(26-35)43-46-42(31-14-8-7-9-15-31)47-44(48-43)38-22-13-23-45-30-38/h7-30H,1-6H3. The smallest absolute Gasteiger partial charge is 0.165 e. The van der Waals surface area contributed by atoms with Crippen LogP contribution in [0, 0.1) is 0 Å². The van der Waals surface area contributed by atoms with Gasteiger partial charge in [-0.15, -0.1) is 0 Å². The predicted octanol–water partition coefficient (Wildman–Crippen LogP) is 10.4. The molecule has 4 nitrogen and oxygen atoms in total. The van der Waals surface area contributed by atoms with Crippen molar-refractivity contribution in [3.8, 4) is 67.5 Å². The van der Waals surface area contributed by atoms with Crippen LogP contribution in [0.1, 0.15) is 0 Å². The van der Waals surface area contributed by atoms with E-state index >= 15 is 0 Å². The molecule has 7 aromatic rings. The zero-order chi connectivity index (χ0) is 34.9. The molecule has 0 saturated carbocycles.